The van der Waals surface area contributed by atoms with Gasteiger partial charge in [-0.3, -0.25) is 0 Å². The first-order valence-corrected chi connectivity index (χ1v) is 17.9. The Morgan fingerprint density at radius 3 is 1.47 bits per heavy atom. The van der Waals surface area contributed by atoms with E-state index in [1.165, 1.54) is 54.6 Å². The third-order valence-electron chi connectivity index (χ3n) is 7.36. The molecule has 53 heavy (non-hydrogen) atoms. The number of nitrogen functional groups attached to an aromatic ring is 1. The molecule has 0 heterocycles. The molecule has 23 heteroatoms. The Balaban J connectivity index is 0.00000252. The Hall–Kier alpha value is -2.77. The Kier molecular flexibility index (Phi) is 13.9. The van der Waals surface area contributed by atoms with Crippen LogP contribution in [0.4, 0.5) is 28.4 Å². The molecule has 6 aromatic carbocycles. The van der Waals surface area contributed by atoms with Crippen LogP contribution in [0, 0.1) is 0 Å². The van der Waals surface area contributed by atoms with Crippen molar-refractivity contribution in [1.82, 2.24) is 0 Å². The fourth-order valence-corrected chi connectivity index (χ4v) is 6.89. The maximum atomic E-state index is 12.2. The van der Waals surface area contributed by atoms with Gasteiger partial charge in [0.05, 0.1) is 26.1 Å². The molecule has 0 spiro atoms. The minimum atomic E-state index is -5.32. The van der Waals surface area contributed by atoms with E-state index in [-0.39, 0.29) is 138 Å². The number of benzene rings is 6. The van der Waals surface area contributed by atoms with Gasteiger partial charge >= 0.3 is 88.7 Å². The molecule has 0 bridgehead atoms. The SMILES string of the molecule is Nc1ccc2c(O)c(N=Nc3ccc4c(O)c(N=Nc5ccc6cc(S(=O)(=O)[O-])cc(O)c6c5)c(S(=O)(=O)[O-])cc4c3)c(S(=O)(=O)[O-])cc2c1.[Na+].[Na+].[Na+]. The summed E-state index contributed by atoms with van der Waals surface area (Å²) in [6.07, 6.45) is 0. The van der Waals surface area contributed by atoms with Crippen LogP contribution in [0.3, 0.4) is 0 Å². The smallest absolute Gasteiger partial charge is 0.744 e. The molecule has 0 fully saturated rings. The second-order valence-corrected chi connectivity index (χ2v) is 14.7. The van der Waals surface area contributed by atoms with Crippen molar-refractivity contribution in [1.29, 1.82) is 0 Å². The van der Waals surface area contributed by atoms with Crippen LogP contribution in [0.5, 0.6) is 17.2 Å². The van der Waals surface area contributed by atoms with Gasteiger partial charge in [0.1, 0.15) is 47.5 Å². The van der Waals surface area contributed by atoms with E-state index in [9.17, 15) is 54.2 Å². The van der Waals surface area contributed by atoms with Crippen LogP contribution in [-0.2, 0) is 30.4 Å². The maximum Gasteiger partial charge on any atom is 1.00 e. The number of nitrogens with two attached hydrogens (primary N) is 1. The minimum Gasteiger partial charge on any atom is -0.744 e. The van der Waals surface area contributed by atoms with Crippen LogP contribution in [-0.4, -0.2) is 54.2 Å². The fourth-order valence-electron chi connectivity index (χ4n) is 5.07. The van der Waals surface area contributed by atoms with Gasteiger partial charge in [-0.05, 0) is 89.0 Å². The molecule has 6 aromatic rings. The minimum absolute atomic E-state index is 0. The topological polar surface area (TPSA) is 308 Å². The number of phenolic OH excluding ortho intramolecular Hbond substituents is 3. The summed E-state index contributed by atoms with van der Waals surface area (Å²) in [7, 11) is -15.4. The number of azo groups is 2. The number of hydrogen-bond donors (Lipinski definition) is 4. The second kappa shape index (κ2) is 16.5. The Labute approximate surface area is 366 Å². The zero-order valence-corrected chi connectivity index (χ0v) is 36.1. The third-order valence-corrected chi connectivity index (χ3v) is 9.87. The molecule has 6 rings (SSSR count). The third kappa shape index (κ3) is 9.37. The van der Waals surface area contributed by atoms with Crippen LogP contribution in [0.2, 0.25) is 0 Å². The molecule has 0 aliphatic rings. The first-order chi connectivity index (χ1) is 23.3. The zero-order chi connectivity index (χ0) is 36.3. The van der Waals surface area contributed by atoms with Crippen molar-refractivity contribution >= 4 is 91.1 Å². The number of phenols is 3. The molecule has 0 saturated heterocycles. The van der Waals surface area contributed by atoms with Gasteiger partial charge in [0.25, 0.3) is 0 Å². The Morgan fingerprint density at radius 1 is 0.491 bits per heavy atom. The van der Waals surface area contributed by atoms with Gasteiger partial charge in [0, 0.05) is 21.8 Å². The van der Waals surface area contributed by atoms with E-state index in [0.717, 1.165) is 24.3 Å². The summed E-state index contributed by atoms with van der Waals surface area (Å²) in [4.78, 5) is -2.57. The van der Waals surface area contributed by atoms with Crippen LogP contribution >= 0.6 is 0 Å². The molecule has 5 N–H and O–H groups in total. The molecule has 0 aliphatic heterocycles. The van der Waals surface area contributed by atoms with Crippen molar-refractivity contribution in [2.75, 3.05) is 5.73 Å². The van der Waals surface area contributed by atoms with Gasteiger partial charge in [0.15, 0.2) is 11.5 Å². The quantitative estimate of drug-likeness (QED) is 0.0526. The standard InChI is InChI=1S/C30H21N5O12S3.3Na/c31-17-2-5-21-15(7-17)10-25(49(42,43)44)27(29(21)37)34-32-18-4-6-22-16(8-18)11-26(50(45,46)47)28(30(22)38)35-33-19-3-1-14-9-20(48(39,40)41)13-24(36)23(14)12-19;;;/h1-13,36-38H,31H2,(H,39,40,41)(H,42,43,44)(H,45,46,47);;;/q;3*+1/p-3. The Morgan fingerprint density at radius 2 is 0.962 bits per heavy atom. The zero-order valence-electron chi connectivity index (χ0n) is 27.6. The van der Waals surface area contributed by atoms with E-state index in [2.05, 4.69) is 20.5 Å². The number of hydrogen-bond acceptors (Lipinski definition) is 17. The molecular formula is C30H18N5Na3O12S3. The van der Waals surface area contributed by atoms with Crippen molar-refractivity contribution in [2.24, 2.45) is 20.5 Å². The largest absolute Gasteiger partial charge is 1.00 e. The summed E-state index contributed by atoms with van der Waals surface area (Å²) in [5.41, 5.74) is 4.40. The van der Waals surface area contributed by atoms with Gasteiger partial charge in [-0.25, -0.2) is 25.3 Å². The van der Waals surface area contributed by atoms with Gasteiger partial charge in [0.2, 0.25) is 0 Å². The fraction of sp³-hybridized carbons (Fsp3) is 0. The van der Waals surface area contributed by atoms with Gasteiger partial charge in [-0.1, -0.05) is 6.07 Å². The van der Waals surface area contributed by atoms with Gasteiger partial charge in [-0.2, -0.15) is 10.2 Å². The van der Waals surface area contributed by atoms with Gasteiger partial charge < -0.3 is 34.7 Å². The molecule has 0 aliphatic carbocycles. The average Bonchev–Trinajstić information content (AvgIpc) is 3.02. The van der Waals surface area contributed by atoms with E-state index >= 15 is 0 Å². The summed E-state index contributed by atoms with van der Waals surface area (Å²) in [5.74, 6) is -2.05. The van der Waals surface area contributed by atoms with Crippen LogP contribution in [0.15, 0.2) is 114 Å². The molecule has 0 amide bonds. The first kappa shape index (κ1) is 44.6. The Bertz CT molecular complexity index is 2860. The molecule has 0 saturated carbocycles. The summed E-state index contributed by atoms with van der Waals surface area (Å²) in [5, 5.41) is 47.6. The van der Waals surface area contributed by atoms with Gasteiger partial charge in [-0.15, -0.1) is 10.2 Å². The molecule has 0 radical (unpaired) electrons. The van der Waals surface area contributed by atoms with Crippen LogP contribution in [0.1, 0.15) is 0 Å². The van der Waals surface area contributed by atoms with Crippen molar-refractivity contribution in [3.63, 3.8) is 0 Å². The normalized spacial score (nSPS) is 12.2. The summed E-state index contributed by atoms with van der Waals surface area (Å²) >= 11 is 0. The van der Waals surface area contributed by atoms with E-state index < -0.39 is 73.7 Å². The molecule has 0 unspecified atom stereocenters. The van der Waals surface area contributed by atoms with Crippen molar-refractivity contribution < 1.29 is 143 Å². The van der Waals surface area contributed by atoms with E-state index in [4.69, 9.17) is 5.73 Å². The average molecular weight is 806 g/mol. The van der Waals surface area contributed by atoms with E-state index in [1.807, 2.05) is 0 Å². The van der Waals surface area contributed by atoms with E-state index in [1.54, 1.807) is 0 Å². The van der Waals surface area contributed by atoms with Crippen molar-refractivity contribution in [3.8, 4) is 17.2 Å². The second-order valence-electron chi connectivity index (χ2n) is 10.6. The summed E-state index contributed by atoms with van der Waals surface area (Å²) < 4.78 is 107. The predicted molar refractivity (Wildman–Crippen MR) is 173 cm³/mol. The molecule has 17 nitrogen and oxygen atoms in total. The molecule has 256 valence electrons. The number of fused-ring (bicyclic) bond motifs is 3. The predicted octanol–water partition coefficient (Wildman–Crippen LogP) is -3.60. The number of anilines is 1. The van der Waals surface area contributed by atoms with E-state index in [0.29, 0.717) is 0 Å². The first-order valence-electron chi connectivity index (χ1n) is 13.6. The molecule has 0 atom stereocenters. The van der Waals surface area contributed by atoms with Crippen LogP contribution in [0.25, 0.3) is 32.3 Å². The molecular weight excluding hydrogens is 788 g/mol. The summed E-state index contributed by atoms with van der Waals surface area (Å²) in [6.45, 7) is 0. The van der Waals surface area contributed by atoms with Crippen molar-refractivity contribution in [2.45, 2.75) is 14.7 Å². The molecule has 0 aromatic heterocycles. The maximum absolute atomic E-state index is 12.2. The number of nitrogens with zero attached hydrogens (tertiary/aromatic N) is 4. The monoisotopic (exact) mass is 805 g/mol. The summed E-state index contributed by atoms with van der Waals surface area (Å²) in [6, 6.07) is 15.2. The van der Waals surface area contributed by atoms with Crippen molar-refractivity contribution in [3.05, 3.63) is 78.9 Å². The van der Waals surface area contributed by atoms with Crippen LogP contribution < -0.4 is 94.4 Å². The number of aromatic hydroxyl groups is 3. The number of rotatable bonds is 7.